The number of aryl methyl sites for hydroxylation is 1. The molecular formula is C15H20ClNO3. The Kier molecular flexibility index (Phi) is 6.17. The van der Waals surface area contributed by atoms with E-state index < -0.39 is 12.0 Å². The smallest absolute Gasteiger partial charge is 0.303 e. The summed E-state index contributed by atoms with van der Waals surface area (Å²) in [5, 5.41) is 12.5. The van der Waals surface area contributed by atoms with Crippen molar-refractivity contribution in [2.24, 2.45) is 0 Å². The minimum absolute atomic E-state index is 0.0390. The van der Waals surface area contributed by atoms with Gasteiger partial charge in [-0.1, -0.05) is 25.4 Å². The van der Waals surface area contributed by atoms with E-state index in [1.165, 1.54) is 0 Å². The highest BCUT2D eigenvalue weighted by Gasteiger charge is 2.21. The summed E-state index contributed by atoms with van der Waals surface area (Å²) in [7, 11) is 0. The van der Waals surface area contributed by atoms with E-state index in [0.29, 0.717) is 10.6 Å². The number of Topliss-reactive ketones (excluding diaryl/α,β-unsaturated/α-hetero) is 1. The lowest BCUT2D eigenvalue weighted by Gasteiger charge is -2.20. The van der Waals surface area contributed by atoms with Crippen LogP contribution in [0.4, 0.5) is 0 Å². The topological polar surface area (TPSA) is 66.4 Å². The third kappa shape index (κ3) is 4.94. The van der Waals surface area contributed by atoms with E-state index in [2.05, 4.69) is 5.32 Å². The molecule has 0 aliphatic heterocycles. The zero-order valence-corrected chi connectivity index (χ0v) is 12.7. The Morgan fingerprint density at radius 3 is 2.50 bits per heavy atom. The van der Waals surface area contributed by atoms with E-state index >= 15 is 0 Å². The lowest BCUT2D eigenvalue weighted by molar-refractivity contribution is -0.137. The number of aliphatic carboxylic acids is 1. The minimum Gasteiger partial charge on any atom is -0.481 e. The standard InChI is InChI=1S/C15H20ClNO3/c1-9(2)17-13(6-7-14(18)19)15(20)11-4-5-12(16)10(3)8-11/h4-5,8-9,13,17H,6-7H2,1-3H3,(H,18,19). The van der Waals surface area contributed by atoms with Crippen LogP contribution < -0.4 is 5.32 Å². The second-order valence-corrected chi connectivity index (χ2v) is 5.54. The number of hydrogen-bond donors (Lipinski definition) is 2. The van der Waals surface area contributed by atoms with Crippen molar-refractivity contribution >= 4 is 23.4 Å². The fourth-order valence-corrected chi connectivity index (χ4v) is 2.08. The number of nitrogens with one attached hydrogen (secondary N) is 1. The van der Waals surface area contributed by atoms with Crippen LogP contribution >= 0.6 is 11.6 Å². The number of halogens is 1. The molecule has 0 heterocycles. The van der Waals surface area contributed by atoms with E-state index in [1.807, 2.05) is 20.8 Å². The highest BCUT2D eigenvalue weighted by Crippen LogP contribution is 2.18. The first-order chi connectivity index (χ1) is 9.31. The van der Waals surface area contributed by atoms with Crippen molar-refractivity contribution in [3.05, 3.63) is 34.3 Å². The largest absolute Gasteiger partial charge is 0.481 e. The average molecular weight is 298 g/mol. The fourth-order valence-electron chi connectivity index (χ4n) is 1.96. The van der Waals surface area contributed by atoms with Gasteiger partial charge in [0.25, 0.3) is 0 Å². The van der Waals surface area contributed by atoms with E-state index in [0.717, 1.165) is 5.56 Å². The van der Waals surface area contributed by atoms with Gasteiger partial charge >= 0.3 is 5.97 Å². The number of ketones is 1. The Balaban J connectivity index is 2.90. The molecule has 20 heavy (non-hydrogen) atoms. The summed E-state index contributed by atoms with van der Waals surface area (Å²) in [6.45, 7) is 5.68. The molecule has 1 unspecified atom stereocenters. The molecule has 0 aliphatic rings. The van der Waals surface area contributed by atoms with Gasteiger partial charge in [-0.2, -0.15) is 0 Å². The maximum absolute atomic E-state index is 12.5. The molecule has 5 heteroatoms. The Labute approximate surface area is 124 Å². The van der Waals surface area contributed by atoms with Gasteiger partial charge in [0.1, 0.15) is 0 Å². The van der Waals surface area contributed by atoms with Gasteiger partial charge in [-0.25, -0.2) is 0 Å². The molecule has 2 N–H and O–H groups in total. The molecule has 0 bridgehead atoms. The molecule has 0 radical (unpaired) electrons. The van der Waals surface area contributed by atoms with Crippen LogP contribution in [0, 0.1) is 6.92 Å². The van der Waals surface area contributed by atoms with Crippen molar-refractivity contribution in [2.45, 2.75) is 45.7 Å². The molecule has 0 saturated carbocycles. The number of benzene rings is 1. The van der Waals surface area contributed by atoms with Gasteiger partial charge in [0, 0.05) is 23.0 Å². The molecule has 0 spiro atoms. The van der Waals surface area contributed by atoms with E-state index in [4.69, 9.17) is 16.7 Å². The molecule has 1 aromatic carbocycles. The minimum atomic E-state index is -0.902. The van der Waals surface area contributed by atoms with E-state index in [1.54, 1.807) is 18.2 Å². The van der Waals surface area contributed by atoms with Gasteiger partial charge in [0.2, 0.25) is 0 Å². The number of carboxylic acids is 1. The number of hydrogen-bond acceptors (Lipinski definition) is 3. The number of rotatable bonds is 7. The van der Waals surface area contributed by atoms with Crippen LogP contribution in [0.3, 0.4) is 0 Å². The second kappa shape index (κ2) is 7.41. The zero-order valence-electron chi connectivity index (χ0n) is 11.9. The molecule has 110 valence electrons. The molecule has 4 nitrogen and oxygen atoms in total. The van der Waals surface area contributed by atoms with Crippen LogP contribution in [0.5, 0.6) is 0 Å². The quantitative estimate of drug-likeness (QED) is 0.759. The first-order valence-corrected chi connectivity index (χ1v) is 6.97. The van der Waals surface area contributed by atoms with E-state index in [-0.39, 0.29) is 24.7 Å². The van der Waals surface area contributed by atoms with Gasteiger partial charge in [0.15, 0.2) is 5.78 Å². The van der Waals surface area contributed by atoms with Crippen molar-refractivity contribution in [1.29, 1.82) is 0 Å². The molecule has 0 aromatic heterocycles. The van der Waals surface area contributed by atoms with Crippen molar-refractivity contribution in [3.8, 4) is 0 Å². The predicted molar refractivity (Wildman–Crippen MR) is 79.4 cm³/mol. The predicted octanol–water partition coefficient (Wildman–Crippen LogP) is 3.06. The Morgan fingerprint density at radius 1 is 1.35 bits per heavy atom. The van der Waals surface area contributed by atoms with Gasteiger partial charge in [-0.15, -0.1) is 0 Å². The van der Waals surface area contributed by atoms with Gasteiger partial charge in [0.05, 0.1) is 6.04 Å². The van der Waals surface area contributed by atoms with E-state index in [9.17, 15) is 9.59 Å². The molecule has 1 atom stereocenters. The average Bonchev–Trinajstić information content (AvgIpc) is 2.36. The summed E-state index contributed by atoms with van der Waals surface area (Å²) in [6.07, 6.45) is 0.233. The number of carbonyl (C=O) groups excluding carboxylic acids is 1. The molecule has 0 fully saturated rings. The van der Waals surface area contributed by atoms with Crippen LogP contribution in [0.2, 0.25) is 5.02 Å². The molecule has 0 amide bonds. The normalized spacial score (nSPS) is 12.4. The lowest BCUT2D eigenvalue weighted by Crippen LogP contribution is -2.41. The van der Waals surface area contributed by atoms with Crippen LogP contribution in [0.1, 0.15) is 42.6 Å². The van der Waals surface area contributed by atoms with Crippen molar-refractivity contribution in [2.75, 3.05) is 0 Å². The van der Waals surface area contributed by atoms with Gasteiger partial charge in [-0.05, 0) is 37.1 Å². The maximum Gasteiger partial charge on any atom is 0.303 e. The molecule has 1 rings (SSSR count). The highest BCUT2D eigenvalue weighted by molar-refractivity contribution is 6.31. The Hall–Kier alpha value is -1.39. The lowest BCUT2D eigenvalue weighted by atomic mass is 9.98. The third-order valence-electron chi connectivity index (χ3n) is 2.94. The van der Waals surface area contributed by atoms with Crippen molar-refractivity contribution in [1.82, 2.24) is 5.32 Å². The first-order valence-electron chi connectivity index (χ1n) is 6.59. The first kappa shape index (κ1) is 16.7. The van der Waals surface area contributed by atoms with Crippen LogP contribution in [0.25, 0.3) is 0 Å². The van der Waals surface area contributed by atoms with Gasteiger partial charge < -0.3 is 10.4 Å². The Bertz CT molecular complexity index is 500. The summed E-state index contributed by atoms with van der Waals surface area (Å²) >= 11 is 5.95. The fraction of sp³-hybridized carbons (Fsp3) is 0.467. The highest BCUT2D eigenvalue weighted by atomic mass is 35.5. The summed E-state index contributed by atoms with van der Waals surface area (Å²) in [4.78, 5) is 23.1. The second-order valence-electron chi connectivity index (χ2n) is 5.13. The Morgan fingerprint density at radius 2 is 2.00 bits per heavy atom. The van der Waals surface area contributed by atoms with Crippen molar-refractivity contribution in [3.63, 3.8) is 0 Å². The summed E-state index contributed by atoms with van der Waals surface area (Å²) in [5.41, 5.74) is 1.38. The molecule has 1 aromatic rings. The summed E-state index contributed by atoms with van der Waals surface area (Å²) in [6, 6.07) is 4.71. The molecular weight excluding hydrogens is 278 g/mol. The SMILES string of the molecule is Cc1cc(C(=O)C(CCC(=O)O)NC(C)C)ccc1Cl. The maximum atomic E-state index is 12.5. The third-order valence-corrected chi connectivity index (χ3v) is 3.36. The van der Waals surface area contributed by atoms with Crippen molar-refractivity contribution < 1.29 is 14.7 Å². The monoisotopic (exact) mass is 297 g/mol. The van der Waals surface area contributed by atoms with Crippen LogP contribution in [0.15, 0.2) is 18.2 Å². The number of carbonyl (C=O) groups is 2. The molecule has 0 aliphatic carbocycles. The number of carboxylic acid groups (broad SMARTS) is 1. The molecule has 0 saturated heterocycles. The zero-order chi connectivity index (χ0) is 15.3. The summed E-state index contributed by atoms with van der Waals surface area (Å²) in [5.74, 6) is -1.000. The van der Waals surface area contributed by atoms with Crippen LogP contribution in [-0.2, 0) is 4.79 Å². The van der Waals surface area contributed by atoms with Crippen LogP contribution in [-0.4, -0.2) is 28.9 Å². The van der Waals surface area contributed by atoms with Gasteiger partial charge in [-0.3, -0.25) is 9.59 Å². The summed E-state index contributed by atoms with van der Waals surface area (Å²) < 4.78 is 0.